The van der Waals surface area contributed by atoms with Crippen molar-refractivity contribution in [2.75, 3.05) is 25.5 Å². The van der Waals surface area contributed by atoms with Crippen LogP contribution >= 0.6 is 0 Å². The Morgan fingerprint density at radius 2 is 1.76 bits per heavy atom. The number of halogens is 4. The van der Waals surface area contributed by atoms with E-state index >= 15 is 0 Å². The van der Waals surface area contributed by atoms with Crippen molar-refractivity contribution in [3.63, 3.8) is 0 Å². The van der Waals surface area contributed by atoms with Crippen molar-refractivity contribution in [1.82, 2.24) is 4.31 Å². The Balaban J connectivity index is 2.10. The monoisotopic (exact) mass is 434 g/mol. The van der Waals surface area contributed by atoms with Crippen molar-refractivity contribution in [1.29, 1.82) is 0 Å². The summed E-state index contributed by atoms with van der Waals surface area (Å²) < 4.78 is 82.6. The van der Waals surface area contributed by atoms with Gasteiger partial charge in [-0.3, -0.25) is 4.79 Å². The molecule has 1 N–H and O–H groups in total. The van der Waals surface area contributed by atoms with Crippen LogP contribution in [0.3, 0.4) is 0 Å². The molecule has 2 aromatic rings. The van der Waals surface area contributed by atoms with E-state index in [2.05, 4.69) is 5.32 Å². The third-order valence-corrected chi connectivity index (χ3v) is 5.58. The predicted molar refractivity (Wildman–Crippen MR) is 97.5 cm³/mol. The molecule has 0 aliphatic rings. The zero-order valence-corrected chi connectivity index (χ0v) is 16.3. The number of sulfonamides is 1. The molecule has 0 aromatic heterocycles. The highest BCUT2D eigenvalue weighted by molar-refractivity contribution is 7.89. The lowest BCUT2D eigenvalue weighted by atomic mass is 10.2. The van der Waals surface area contributed by atoms with Gasteiger partial charge >= 0.3 is 6.18 Å². The van der Waals surface area contributed by atoms with Crippen LogP contribution in [0.4, 0.5) is 23.2 Å². The largest absolute Gasteiger partial charge is 0.494 e. The molecule has 0 spiro atoms. The smallest absolute Gasteiger partial charge is 0.419 e. The molecule has 1 amide bonds. The average molecular weight is 434 g/mol. The lowest BCUT2D eigenvalue weighted by Gasteiger charge is -2.17. The predicted octanol–water partition coefficient (Wildman–Crippen LogP) is 3.50. The van der Waals surface area contributed by atoms with E-state index in [1.54, 1.807) is 6.92 Å². The summed E-state index contributed by atoms with van der Waals surface area (Å²) in [7, 11) is -2.87. The first-order valence-electron chi connectivity index (χ1n) is 8.31. The summed E-state index contributed by atoms with van der Waals surface area (Å²) in [5.74, 6) is -1.89. The number of carbonyl (C=O) groups excluding carboxylic acids is 1. The molecule has 158 valence electrons. The molecular weight excluding hydrogens is 416 g/mol. The highest BCUT2D eigenvalue weighted by atomic mass is 32.2. The Morgan fingerprint density at radius 3 is 2.31 bits per heavy atom. The van der Waals surface area contributed by atoms with E-state index in [0.717, 1.165) is 17.4 Å². The first-order chi connectivity index (χ1) is 13.4. The number of likely N-dealkylation sites (N-methyl/N-ethyl adjacent to an activating group) is 1. The molecule has 0 saturated heterocycles. The highest BCUT2D eigenvalue weighted by Gasteiger charge is 2.34. The Hall–Kier alpha value is -2.66. The molecule has 0 atom stereocenters. The van der Waals surface area contributed by atoms with E-state index in [1.807, 2.05) is 0 Å². The maximum atomic E-state index is 13.3. The minimum absolute atomic E-state index is 0.0857. The van der Waals surface area contributed by atoms with Gasteiger partial charge in [0.2, 0.25) is 15.9 Å². The summed E-state index contributed by atoms with van der Waals surface area (Å²) in [6.45, 7) is 1.52. The lowest BCUT2D eigenvalue weighted by molar-refractivity contribution is -0.140. The first kappa shape index (κ1) is 22.6. The van der Waals surface area contributed by atoms with Gasteiger partial charge in [-0.15, -0.1) is 0 Å². The van der Waals surface area contributed by atoms with Crippen LogP contribution in [0.2, 0.25) is 0 Å². The van der Waals surface area contributed by atoms with Crippen LogP contribution in [0.1, 0.15) is 12.5 Å². The topological polar surface area (TPSA) is 75.7 Å². The van der Waals surface area contributed by atoms with Gasteiger partial charge in [0, 0.05) is 12.7 Å². The van der Waals surface area contributed by atoms with Crippen LogP contribution < -0.4 is 10.1 Å². The summed E-state index contributed by atoms with van der Waals surface area (Å²) in [5, 5.41) is 2.13. The number of amides is 1. The number of anilines is 1. The van der Waals surface area contributed by atoms with Gasteiger partial charge in [-0.05, 0) is 49.4 Å². The van der Waals surface area contributed by atoms with Gasteiger partial charge in [0.15, 0.2) is 0 Å². The van der Waals surface area contributed by atoms with Gasteiger partial charge in [-0.2, -0.15) is 17.5 Å². The molecule has 2 aromatic carbocycles. The lowest BCUT2D eigenvalue weighted by Crippen LogP contribution is -2.35. The molecule has 2 rings (SSSR count). The number of hydrogen-bond acceptors (Lipinski definition) is 4. The zero-order valence-electron chi connectivity index (χ0n) is 15.5. The van der Waals surface area contributed by atoms with Crippen LogP contribution in [-0.2, 0) is 21.0 Å². The second-order valence-electron chi connectivity index (χ2n) is 5.91. The Kier molecular flexibility index (Phi) is 6.85. The fraction of sp³-hybridized carbons (Fsp3) is 0.278. The van der Waals surface area contributed by atoms with Crippen LogP contribution in [-0.4, -0.2) is 38.8 Å². The SMILES string of the molecule is CCOc1ccc(S(=O)(=O)N(C)CC(=O)Nc2ccc(F)c(C(F)(F)F)c2)cc1. The molecule has 0 heterocycles. The molecule has 29 heavy (non-hydrogen) atoms. The van der Waals surface area contributed by atoms with Crippen molar-refractivity contribution >= 4 is 21.6 Å². The standard InChI is InChI=1S/C18H18F4N2O4S/c1-3-28-13-5-7-14(8-6-13)29(26,27)24(2)11-17(25)23-12-4-9-16(19)15(10-12)18(20,21)22/h4-10H,3,11H2,1-2H3,(H,23,25). The molecule has 0 aliphatic carbocycles. The van der Waals surface area contributed by atoms with E-state index in [1.165, 1.54) is 24.3 Å². The van der Waals surface area contributed by atoms with E-state index in [0.29, 0.717) is 24.5 Å². The summed E-state index contributed by atoms with van der Waals surface area (Å²) in [4.78, 5) is 12.0. The minimum Gasteiger partial charge on any atom is -0.494 e. The minimum atomic E-state index is -4.93. The van der Waals surface area contributed by atoms with Gasteiger partial charge in [0.05, 0.1) is 23.6 Å². The number of rotatable bonds is 7. The van der Waals surface area contributed by atoms with Crippen LogP contribution in [0.15, 0.2) is 47.4 Å². The van der Waals surface area contributed by atoms with Crippen LogP contribution in [0, 0.1) is 5.82 Å². The average Bonchev–Trinajstić information content (AvgIpc) is 2.63. The number of hydrogen-bond donors (Lipinski definition) is 1. The number of carbonyl (C=O) groups is 1. The second-order valence-corrected chi connectivity index (χ2v) is 7.95. The van der Waals surface area contributed by atoms with Crippen molar-refractivity contribution in [2.45, 2.75) is 18.0 Å². The van der Waals surface area contributed by atoms with E-state index in [4.69, 9.17) is 4.74 Å². The summed E-state index contributed by atoms with van der Waals surface area (Å²) >= 11 is 0. The van der Waals surface area contributed by atoms with Gasteiger partial charge < -0.3 is 10.1 Å². The Bertz CT molecular complexity index is 976. The van der Waals surface area contributed by atoms with Gasteiger partial charge in [-0.1, -0.05) is 0 Å². The van der Waals surface area contributed by atoms with Crippen molar-refractivity contribution < 1.29 is 35.5 Å². The number of nitrogens with one attached hydrogen (secondary N) is 1. The third-order valence-electron chi connectivity index (χ3n) is 3.76. The van der Waals surface area contributed by atoms with E-state index < -0.39 is 40.0 Å². The van der Waals surface area contributed by atoms with E-state index in [9.17, 15) is 30.8 Å². The fourth-order valence-corrected chi connectivity index (χ4v) is 3.49. The van der Waals surface area contributed by atoms with Crippen LogP contribution in [0.25, 0.3) is 0 Å². The fourth-order valence-electron chi connectivity index (χ4n) is 2.36. The number of ether oxygens (including phenoxy) is 1. The molecule has 0 bridgehead atoms. The van der Waals surface area contributed by atoms with Crippen molar-refractivity contribution in [3.05, 3.63) is 53.8 Å². The quantitative estimate of drug-likeness (QED) is 0.677. The summed E-state index contributed by atoms with van der Waals surface area (Å²) in [6, 6.07) is 7.49. The Morgan fingerprint density at radius 1 is 1.14 bits per heavy atom. The summed E-state index contributed by atoms with van der Waals surface area (Å²) in [6.07, 6.45) is -4.93. The molecule has 6 nitrogen and oxygen atoms in total. The van der Waals surface area contributed by atoms with Crippen LogP contribution in [0.5, 0.6) is 5.75 Å². The molecule has 0 aliphatic heterocycles. The first-order valence-corrected chi connectivity index (χ1v) is 9.75. The van der Waals surface area contributed by atoms with E-state index in [-0.39, 0.29) is 10.6 Å². The van der Waals surface area contributed by atoms with Gasteiger partial charge in [0.1, 0.15) is 11.6 Å². The molecule has 0 saturated carbocycles. The Labute approximate surface area is 165 Å². The maximum Gasteiger partial charge on any atom is 0.419 e. The number of benzene rings is 2. The number of nitrogens with zero attached hydrogens (tertiary/aromatic N) is 1. The van der Waals surface area contributed by atoms with Crippen molar-refractivity contribution in [2.24, 2.45) is 0 Å². The molecule has 0 unspecified atom stereocenters. The summed E-state index contributed by atoms with van der Waals surface area (Å²) in [5.41, 5.74) is -1.85. The number of alkyl halides is 3. The van der Waals surface area contributed by atoms with Gasteiger partial charge in [0.25, 0.3) is 0 Å². The highest BCUT2D eigenvalue weighted by Crippen LogP contribution is 2.33. The zero-order chi connectivity index (χ0) is 21.8. The van der Waals surface area contributed by atoms with Gasteiger partial charge in [-0.25, -0.2) is 12.8 Å². The normalized spacial score (nSPS) is 12.1. The molecular formula is C18H18F4N2O4S. The third kappa shape index (κ3) is 5.67. The second kappa shape index (κ2) is 8.78. The molecule has 0 radical (unpaired) electrons. The molecule has 11 heteroatoms. The van der Waals surface area contributed by atoms with Crippen molar-refractivity contribution in [3.8, 4) is 5.75 Å². The molecule has 0 fully saturated rings. The maximum absolute atomic E-state index is 13.3.